The van der Waals surface area contributed by atoms with Gasteiger partial charge in [-0.15, -0.1) is 0 Å². The van der Waals surface area contributed by atoms with Gasteiger partial charge in [-0.25, -0.2) is 0 Å². The Balaban J connectivity index is 1.55. The Morgan fingerprint density at radius 3 is 2.90 bits per heavy atom. The van der Waals surface area contributed by atoms with Gasteiger partial charge < -0.3 is 5.32 Å². The van der Waals surface area contributed by atoms with Gasteiger partial charge in [0, 0.05) is 12.6 Å². The van der Waals surface area contributed by atoms with Crippen molar-refractivity contribution in [2.45, 2.75) is 31.7 Å². The van der Waals surface area contributed by atoms with Crippen molar-refractivity contribution >= 4 is 5.91 Å². The van der Waals surface area contributed by atoms with Gasteiger partial charge in [-0.3, -0.25) is 9.78 Å². The van der Waals surface area contributed by atoms with E-state index in [-0.39, 0.29) is 11.9 Å². The molecule has 3 heteroatoms. The molecule has 0 saturated heterocycles. The molecular weight excluding hydrogens is 248 g/mol. The predicted octanol–water partition coefficient (Wildman–Crippen LogP) is 2.82. The van der Waals surface area contributed by atoms with Crippen molar-refractivity contribution in [2.75, 3.05) is 0 Å². The van der Waals surface area contributed by atoms with Crippen LogP contribution in [0.4, 0.5) is 0 Å². The standard InChI is InChI=1S/C17H18N2O/c20-16(11-8-13-5-2-1-3-6-13)19-15-10-9-14-7-4-12-18-17(14)15/h1-7,12,15H,8-11H2,(H,19,20). The number of rotatable bonds is 4. The second-order valence-electron chi connectivity index (χ2n) is 5.19. The molecule has 1 aromatic heterocycles. The molecule has 0 fully saturated rings. The number of hydrogen-bond acceptors (Lipinski definition) is 2. The number of pyridine rings is 1. The van der Waals surface area contributed by atoms with Gasteiger partial charge in [-0.1, -0.05) is 36.4 Å². The molecule has 3 nitrogen and oxygen atoms in total. The average Bonchev–Trinajstić information content (AvgIpc) is 2.90. The highest BCUT2D eigenvalue weighted by molar-refractivity contribution is 5.76. The summed E-state index contributed by atoms with van der Waals surface area (Å²) >= 11 is 0. The Labute approximate surface area is 119 Å². The summed E-state index contributed by atoms with van der Waals surface area (Å²) in [4.78, 5) is 16.4. The number of carbonyl (C=O) groups excluding carboxylic acids is 1. The molecular formula is C17H18N2O. The van der Waals surface area contributed by atoms with Gasteiger partial charge in [0.25, 0.3) is 0 Å². The molecule has 1 unspecified atom stereocenters. The first-order chi connectivity index (χ1) is 9.83. The van der Waals surface area contributed by atoms with Crippen LogP contribution in [-0.4, -0.2) is 10.9 Å². The summed E-state index contributed by atoms with van der Waals surface area (Å²) in [6, 6.07) is 14.3. The number of nitrogens with one attached hydrogen (secondary N) is 1. The lowest BCUT2D eigenvalue weighted by molar-refractivity contribution is -0.121. The summed E-state index contributed by atoms with van der Waals surface area (Å²) in [6.07, 6.45) is 5.08. The van der Waals surface area contributed by atoms with Crippen LogP contribution in [0.15, 0.2) is 48.7 Å². The third-order valence-electron chi connectivity index (χ3n) is 3.78. The summed E-state index contributed by atoms with van der Waals surface area (Å²) in [5, 5.41) is 3.10. The van der Waals surface area contributed by atoms with Gasteiger partial charge in [0.1, 0.15) is 0 Å². The minimum atomic E-state index is 0.0921. The Morgan fingerprint density at radius 2 is 2.05 bits per heavy atom. The second-order valence-corrected chi connectivity index (χ2v) is 5.19. The zero-order chi connectivity index (χ0) is 13.8. The molecule has 1 aliphatic rings. The van der Waals surface area contributed by atoms with Crippen molar-refractivity contribution in [3.8, 4) is 0 Å². The maximum Gasteiger partial charge on any atom is 0.220 e. The van der Waals surface area contributed by atoms with Crippen molar-refractivity contribution in [1.29, 1.82) is 0 Å². The minimum Gasteiger partial charge on any atom is -0.348 e. The quantitative estimate of drug-likeness (QED) is 0.924. The number of nitrogens with zero attached hydrogens (tertiary/aromatic N) is 1. The third kappa shape index (κ3) is 2.87. The smallest absolute Gasteiger partial charge is 0.220 e. The molecule has 1 aliphatic carbocycles. The molecule has 1 atom stereocenters. The Kier molecular flexibility index (Phi) is 3.77. The van der Waals surface area contributed by atoms with Crippen LogP contribution in [-0.2, 0) is 17.6 Å². The van der Waals surface area contributed by atoms with Crippen LogP contribution < -0.4 is 5.32 Å². The van der Waals surface area contributed by atoms with Crippen LogP contribution in [0, 0.1) is 0 Å². The molecule has 20 heavy (non-hydrogen) atoms. The lowest BCUT2D eigenvalue weighted by Crippen LogP contribution is -2.27. The monoisotopic (exact) mass is 266 g/mol. The minimum absolute atomic E-state index is 0.0921. The first-order valence-electron chi connectivity index (χ1n) is 7.10. The van der Waals surface area contributed by atoms with E-state index in [1.807, 2.05) is 24.3 Å². The average molecular weight is 266 g/mol. The van der Waals surface area contributed by atoms with Crippen LogP contribution in [0.5, 0.6) is 0 Å². The number of fused-ring (bicyclic) bond motifs is 1. The second kappa shape index (κ2) is 5.87. The molecule has 1 N–H and O–H groups in total. The number of amides is 1. The number of carbonyl (C=O) groups is 1. The normalized spacial score (nSPS) is 16.7. The highest BCUT2D eigenvalue weighted by Crippen LogP contribution is 2.28. The first-order valence-corrected chi connectivity index (χ1v) is 7.10. The number of benzene rings is 1. The highest BCUT2D eigenvalue weighted by Gasteiger charge is 2.24. The molecule has 0 radical (unpaired) electrons. The van der Waals surface area contributed by atoms with E-state index in [0.29, 0.717) is 6.42 Å². The lowest BCUT2D eigenvalue weighted by atomic mass is 10.1. The Hall–Kier alpha value is -2.16. The number of hydrogen-bond donors (Lipinski definition) is 1. The lowest BCUT2D eigenvalue weighted by Gasteiger charge is -2.13. The van der Waals surface area contributed by atoms with Crippen LogP contribution in [0.25, 0.3) is 0 Å². The molecule has 2 aromatic rings. The van der Waals surface area contributed by atoms with Gasteiger partial charge >= 0.3 is 0 Å². The van der Waals surface area contributed by atoms with Gasteiger partial charge in [0.2, 0.25) is 5.91 Å². The highest BCUT2D eigenvalue weighted by atomic mass is 16.1. The fourth-order valence-electron chi connectivity index (χ4n) is 2.72. The summed E-state index contributed by atoms with van der Waals surface area (Å²) in [5.74, 6) is 0.109. The summed E-state index contributed by atoms with van der Waals surface area (Å²) in [6.45, 7) is 0. The third-order valence-corrected chi connectivity index (χ3v) is 3.78. The van der Waals surface area contributed by atoms with E-state index in [9.17, 15) is 4.79 Å². The Bertz CT molecular complexity index is 595. The fraction of sp³-hybridized carbons (Fsp3) is 0.294. The molecule has 0 saturated carbocycles. The van der Waals surface area contributed by atoms with E-state index in [1.165, 1.54) is 11.1 Å². The predicted molar refractivity (Wildman–Crippen MR) is 78.2 cm³/mol. The largest absolute Gasteiger partial charge is 0.348 e. The van der Waals surface area contributed by atoms with Gasteiger partial charge in [-0.2, -0.15) is 0 Å². The van der Waals surface area contributed by atoms with Crippen LogP contribution in [0.1, 0.15) is 35.7 Å². The summed E-state index contributed by atoms with van der Waals surface area (Å²) in [5.41, 5.74) is 3.51. The van der Waals surface area contributed by atoms with Crippen molar-refractivity contribution in [3.05, 3.63) is 65.5 Å². The van der Waals surface area contributed by atoms with Gasteiger partial charge in [-0.05, 0) is 36.5 Å². The molecule has 1 heterocycles. The van der Waals surface area contributed by atoms with Crippen LogP contribution >= 0.6 is 0 Å². The molecule has 0 aliphatic heterocycles. The summed E-state index contributed by atoms with van der Waals surface area (Å²) < 4.78 is 0. The van der Waals surface area contributed by atoms with Gasteiger partial charge in [0.15, 0.2) is 0 Å². The van der Waals surface area contributed by atoms with Crippen molar-refractivity contribution in [2.24, 2.45) is 0 Å². The molecule has 3 rings (SSSR count). The molecule has 1 amide bonds. The van der Waals surface area contributed by atoms with E-state index in [1.54, 1.807) is 6.20 Å². The first kappa shape index (κ1) is 12.9. The molecule has 102 valence electrons. The Morgan fingerprint density at radius 1 is 1.20 bits per heavy atom. The maximum atomic E-state index is 12.0. The van der Waals surface area contributed by atoms with E-state index in [0.717, 1.165) is 25.0 Å². The van der Waals surface area contributed by atoms with Crippen LogP contribution in [0.2, 0.25) is 0 Å². The zero-order valence-corrected chi connectivity index (χ0v) is 11.4. The SMILES string of the molecule is O=C(CCc1ccccc1)NC1CCc2cccnc21. The van der Waals surface area contributed by atoms with Crippen LogP contribution in [0.3, 0.4) is 0 Å². The number of aromatic nitrogens is 1. The van der Waals surface area contributed by atoms with Crippen molar-refractivity contribution < 1.29 is 4.79 Å². The van der Waals surface area contributed by atoms with Crippen molar-refractivity contribution in [1.82, 2.24) is 10.3 Å². The van der Waals surface area contributed by atoms with Gasteiger partial charge in [0.05, 0.1) is 11.7 Å². The van der Waals surface area contributed by atoms with Crippen molar-refractivity contribution in [3.63, 3.8) is 0 Å². The van der Waals surface area contributed by atoms with E-state index >= 15 is 0 Å². The summed E-state index contributed by atoms with van der Waals surface area (Å²) in [7, 11) is 0. The van der Waals surface area contributed by atoms with E-state index in [2.05, 4.69) is 28.5 Å². The number of aryl methyl sites for hydroxylation is 2. The maximum absolute atomic E-state index is 12.0. The molecule has 0 spiro atoms. The van der Waals surface area contributed by atoms with E-state index in [4.69, 9.17) is 0 Å². The fourth-order valence-corrected chi connectivity index (χ4v) is 2.72. The topological polar surface area (TPSA) is 42.0 Å². The zero-order valence-electron chi connectivity index (χ0n) is 11.4. The molecule has 1 aromatic carbocycles. The van der Waals surface area contributed by atoms with E-state index < -0.39 is 0 Å². The molecule has 0 bridgehead atoms.